The van der Waals surface area contributed by atoms with Crippen molar-refractivity contribution < 1.29 is 7.65 Å². The van der Waals surface area contributed by atoms with E-state index < -0.39 is 0 Å². The van der Waals surface area contributed by atoms with E-state index in [-0.39, 0.29) is 14.8 Å². The molecule has 0 bridgehead atoms. The molecular weight excluding hydrogens is 312 g/mol. The molecule has 0 radical (unpaired) electrons. The first-order valence-electron chi connectivity index (χ1n) is 7.30. The molecule has 23 heavy (non-hydrogen) atoms. The molecule has 2 N–H and O–H groups in total. The maximum atomic E-state index is 12.1. The number of amides is 1. The predicted molar refractivity (Wildman–Crippen MR) is 95.4 cm³/mol. The Labute approximate surface area is 140 Å². The molecule has 1 amide bonds. The number of carbonyl (C=O) groups excluding carboxylic acids is 1. The van der Waals surface area contributed by atoms with E-state index in [1.54, 1.807) is 22.6 Å². The highest BCUT2D eigenvalue weighted by Crippen LogP contribution is 2.24. The summed E-state index contributed by atoms with van der Waals surface area (Å²) in [6.45, 7) is 2.49. The van der Waals surface area contributed by atoms with Crippen LogP contribution in [0.3, 0.4) is 0 Å². The molecule has 0 aliphatic rings. The SMILES string of the molecule is CSCCNC(=O)C(C)n1cc(-c2ncnc3[nH]ccc23)cn1.[HH].[HH]. The van der Waals surface area contributed by atoms with Crippen LogP contribution < -0.4 is 5.32 Å². The van der Waals surface area contributed by atoms with Crippen LogP contribution in [0.1, 0.15) is 15.8 Å². The lowest BCUT2D eigenvalue weighted by Gasteiger charge is -2.12. The second-order valence-electron chi connectivity index (χ2n) is 5.13. The number of aromatic amines is 1. The monoisotopic (exact) mass is 334 g/mol. The van der Waals surface area contributed by atoms with Gasteiger partial charge in [0.05, 0.1) is 11.9 Å². The molecule has 3 aromatic heterocycles. The Balaban J connectivity index is 0.00000156. The minimum Gasteiger partial charge on any atom is -0.353 e. The molecule has 0 aromatic carbocycles. The largest absolute Gasteiger partial charge is 0.353 e. The van der Waals surface area contributed by atoms with E-state index in [4.69, 9.17) is 0 Å². The van der Waals surface area contributed by atoms with Gasteiger partial charge in [-0.05, 0) is 19.2 Å². The molecule has 0 aliphatic heterocycles. The standard InChI is InChI=1S/C15H18N6OS.2H2/c1-10(15(22)17-5-6-23-2)21-8-11(7-20-21)13-12-3-4-16-14(12)19-9-18-13;;/h3-4,7-10H,5-6H2,1-2H3,(H,17,22)(H,16,18,19);2*1H. The number of hydrogen-bond donors (Lipinski definition) is 2. The molecular formula is C15H22N6OS. The van der Waals surface area contributed by atoms with Crippen molar-refractivity contribution >= 4 is 28.7 Å². The topological polar surface area (TPSA) is 88.5 Å². The summed E-state index contributed by atoms with van der Waals surface area (Å²) in [6, 6.07) is 1.56. The highest BCUT2D eigenvalue weighted by atomic mass is 32.2. The fourth-order valence-corrected chi connectivity index (χ4v) is 2.62. The summed E-state index contributed by atoms with van der Waals surface area (Å²) >= 11 is 1.70. The van der Waals surface area contributed by atoms with Gasteiger partial charge in [0.15, 0.2) is 0 Å². The Morgan fingerprint density at radius 1 is 1.52 bits per heavy atom. The van der Waals surface area contributed by atoms with Gasteiger partial charge in [-0.15, -0.1) is 0 Å². The summed E-state index contributed by atoms with van der Waals surface area (Å²) in [4.78, 5) is 23.7. The normalized spacial score (nSPS) is 12.4. The second-order valence-corrected chi connectivity index (χ2v) is 6.12. The number of H-pyrrole nitrogens is 1. The molecule has 7 nitrogen and oxygen atoms in total. The molecule has 1 unspecified atom stereocenters. The van der Waals surface area contributed by atoms with Crippen LogP contribution in [-0.4, -0.2) is 49.2 Å². The number of rotatable bonds is 6. The fourth-order valence-electron chi connectivity index (χ4n) is 2.32. The molecule has 0 spiro atoms. The fraction of sp³-hybridized carbons (Fsp3) is 0.333. The zero-order valence-electron chi connectivity index (χ0n) is 13.0. The van der Waals surface area contributed by atoms with Crippen LogP contribution in [-0.2, 0) is 4.79 Å². The average molecular weight is 334 g/mol. The Morgan fingerprint density at radius 2 is 2.39 bits per heavy atom. The Bertz CT molecular complexity index is 821. The predicted octanol–water partition coefficient (Wildman–Crippen LogP) is 2.35. The lowest BCUT2D eigenvalue weighted by molar-refractivity contribution is -0.124. The molecule has 0 aliphatic carbocycles. The molecule has 3 heterocycles. The van der Waals surface area contributed by atoms with Crippen molar-refractivity contribution in [3.63, 3.8) is 0 Å². The minimum absolute atomic E-state index is 0. The smallest absolute Gasteiger partial charge is 0.244 e. The zero-order chi connectivity index (χ0) is 16.2. The van der Waals surface area contributed by atoms with Crippen LogP contribution in [0.15, 0.2) is 31.0 Å². The van der Waals surface area contributed by atoms with Gasteiger partial charge in [-0.3, -0.25) is 9.48 Å². The van der Waals surface area contributed by atoms with Gasteiger partial charge in [0.2, 0.25) is 5.91 Å². The lowest BCUT2D eigenvalue weighted by atomic mass is 10.2. The molecule has 3 aromatic rings. The lowest BCUT2D eigenvalue weighted by Crippen LogP contribution is -2.32. The van der Waals surface area contributed by atoms with Gasteiger partial charge in [0, 0.05) is 38.5 Å². The third-order valence-electron chi connectivity index (χ3n) is 3.61. The highest BCUT2D eigenvalue weighted by Gasteiger charge is 2.17. The van der Waals surface area contributed by atoms with Crippen LogP contribution in [0.2, 0.25) is 0 Å². The number of nitrogens with one attached hydrogen (secondary N) is 2. The maximum Gasteiger partial charge on any atom is 0.244 e. The van der Waals surface area contributed by atoms with Crippen molar-refractivity contribution in [1.29, 1.82) is 0 Å². The van der Waals surface area contributed by atoms with Gasteiger partial charge in [-0.2, -0.15) is 16.9 Å². The van der Waals surface area contributed by atoms with Crippen LogP contribution in [0.4, 0.5) is 0 Å². The van der Waals surface area contributed by atoms with E-state index in [1.165, 1.54) is 6.33 Å². The number of nitrogens with zero attached hydrogens (tertiary/aromatic N) is 4. The molecule has 0 saturated carbocycles. The van der Waals surface area contributed by atoms with Crippen LogP contribution in [0.5, 0.6) is 0 Å². The summed E-state index contributed by atoms with van der Waals surface area (Å²) < 4.78 is 1.66. The van der Waals surface area contributed by atoms with Crippen molar-refractivity contribution in [1.82, 2.24) is 30.0 Å². The van der Waals surface area contributed by atoms with E-state index in [0.717, 1.165) is 28.0 Å². The summed E-state index contributed by atoms with van der Waals surface area (Å²) in [5, 5.41) is 8.15. The van der Waals surface area contributed by atoms with Crippen LogP contribution >= 0.6 is 11.8 Å². The quantitative estimate of drug-likeness (QED) is 0.676. The number of fused-ring (bicyclic) bond motifs is 1. The van der Waals surface area contributed by atoms with E-state index >= 15 is 0 Å². The molecule has 1 atom stereocenters. The first-order valence-corrected chi connectivity index (χ1v) is 8.69. The van der Waals surface area contributed by atoms with E-state index in [0.29, 0.717) is 6.54 Å². The van der Waals surface area contributed by atoms with E-state index in [2.05, 4.69) is 25.4 Å². The number of hydrogen-bond acceptors (Lipinski definition) is 5. The third-order valence-corrected chi connectivity index (χ3v) is 4.22. The molecule has 0 saturated heterocycles. The Hall–Kier alpha value is -2.35. The summed E-state index contributed by atoms with van der Waals surface area (Å²) in [5.74, 6) is 0.859. The van der Waals surface area contributed by atoms with Gasteiger partial charge >= 0.3 is 0 Å². The van der Waals surface area contributed by atoms with Crippen molar-refractivity contribution in [2.45, 2.75) is 13.0 Å². The Morgan fingerprint density at radius 3 is 3.22 bits per heavy atom. The number of aromatic nitrogens is 5. The molecule has 3 rings (SSSR count). The van der Waals surface area contributed by atoms with Gasteiger partial charge in [0.1, 0.15) is 18.0 Å². The van der Waals surface area contributed by atoms with Crippen molar-refractivity contribution in [2.24, 2.45) is 0 Å². The van der Waals surface area contributed by atoms with Crippen molar-refractivity contribution in [3.8, 4) is 11.3 Å². The van der Waals surface area contributed by atoms with Gasteiger partial charge in [0.25, 0.3) is 0 Å². The summed E-state index contributed by atoms with van der Waals surface area (Å²) in [5.41, 5.74) is 2.45. The number of thioether (sulfide) groups is 1. The summed E-state index contributed by atoms with van der Waals surface area (Å²) in [6.07, 6.45) is 8.92. The molecule has 124 valence electrons. The van der Waals surface area contributed by atoms with E-state index in [1.807, 2.05) is 31.6 Å². The molecule has 0 fully saturated rings. The number of carbonyl (C=O) groups is 1. The van der Waals surface area contributed by atoms with Crippen molar-refractivity contribution in [2.75, 3.05) is 18.6 Å². The Kier molecular flexibility index (Phi) is 4.61. The molecule has 8 heteroatoms. The van der Waals surface area contributed by atoms with Crippen LogP contribution in [0.25, 0.3) is 22.3 Å². The van der Waals surface area contributed by atoms with Crippen LogP contribution in [0, 0.1) is 0 Å². The summed E-state index contributed by atoms with van der Waals surface area (Å²) in [7, 11) is 0. The van der Waals surface area contributed by atoms with Gasteiger partial charge in [-0.1, -0.05) is 0 Å². The average Bonchev–Trinajstić information content (AvgIpc) is 3.23. The third kappa shape index (κ3) is 3.21. The minimum atomic E-state index is -0.367. The maximum absolute atomic E-state index is 12.1. The van der Waals surface area contributed by atoms with E-state index in [9.17, 15) is 4.79 Å². The first-order chi connectivity index (χ1) is 11.2. The zero-order valence-corrected chi connectivity index (χ0v) is 13.8. The van der Waals surface area contributed by atoms with Gasteiger partial charge < -0.3 is 10.3 Å². The second kappa shape index (κ2) is 6.82. The van der Waals surface area contributed by atoms with Crippen molar-refractivity contribution in [3.05, 3.63) is 31.0 Å². The van der Waals surface area contributed by atoms with Gasteiger partial charge in [-0.25, -0.2) is 9.97 Å². The first kappa shape index (κ1) is 15.5. The highest BCUT2D eigenvalue weighted by molar-refractivity contribution is 7.98.